The fourth-order valence-electron chi connectivity index (χ4n) is 1.93. The molecule has 0 aliphatic rings. The molecule has 1 amide bonds. The average molecular weight is 300 g/mol. The summed E-state index contributed by atoms with van der Waals surface area (Å²) < 4.78 is 10.8. The van der Waals surface area contributed by atoms with Crippen LogP contribution < -0.4 is 20.5 Å². The number of aryl methyl sites for hydroxylation is 1. The Kier molecular flexibility index (Phi) is 4.88. The maximum absolute atomic E-state index is 12.2. The number of benzene rings is 2. The SMILES string of the molecule is COc1ccc(N)cc1NC(=O)[C@@H](C)Oc1ccc(C)cc1. The number of methoxy groups -OCH3 is 1. The Bertz CT molecular complexity index is 653. The van der Waals surface area contributed by atoms with Crippen LogP contribution in [0.4, 0.5) is 11.4 Å². The molecule has 0 aromatic heterocycles. The minimum atomic E-state index is -0.645. The van der Waals surface area contributed by atoms with Gasteiger partial charge < -0.3 is 20.5 Å². The van der Waals surface area contributed by atoms with Gasteiger partial charge >= 0.3 is 0 Å². The van der Waals surface area contributed by atoms with E-state index in [2.05, 4.69) is 5.32 Å². The summed E-state index contributed by atoms with van der Waals surface area (Å²) in [5, 5.41) is 2.76. The van der Waals surface area contributed by atoms with E-state index in [1.807, 2.05) is 31.2 Å². The molecule has 22 heavy (non-hydrogen) atoms. The van der Waals surface area contributed by atoms with Crippen LogP contribution in [0.5, 0.6) is 11.5 Å². The third kappa shape index (κ3) is 3.91. The summed E-state index contributed by atoms with van der Waals surface area (Å²) in [5.74, 6) is 0.919. The molecule has 2 aromatic carbocycles. The molecular formula is C17H20N2O3. The predicted molar refractivity (Wildman–Crippen MR) is 87.3 cm³/mol. The molecule has 0 saturated carbocycles. The van der Waals surface area contributed by atoms with Crippen molar-refractivity contribution in [1.29, 1.82) is 0 Å². The van der Waals surface area contributed by atoms with Crippen molar-refractivity contribution in [3.8, 4) is 11.5 Å². The lowest BCUT2D eigenvalue weighted by atomic mass is 10.2. The average Bonchev–Trinajstić information content (AvgIpc) is 2.49. The van der Waals surface area contributed by atoms with Crippen LogP contribution in [0.2, 0.25) is 0 Å². The van der Waals surface area contributed by atoms with Gasteiger partial charge in [0.2, 0.25) is 0 Å². The molecular weight excluding hydrogens is 280 g/mol. The van der Waals surface area contributed by atoms with Gasteiger partial charge in [-0.3, -0.25) is 4.79 Å². The monoisotopic (exact) mass is 300 g/mol. The third-order valence-electron chi connectivity index (χ3n) is 3.18. The highest BCUT2D eigenvalue weighted by Gasteiger charge is 2.16. The van der Waals surface area contributed by atoms with Gasteiger partial charge in [0.25, 0.3) is 5.91 Å². The van der Waals surface area contributed by atoms with Crippen LogP contribution in [0.25, 0.3) is 0 Å². The molecule has 0 fully saturated rings. The van der Waals surface area contributed by atoms with Gasteiger partial charge in [-0.15, -0.1) is 0 Å². The van der Waals surface area contributed by atoms with Crippen molar-refractivity contribution in [2.75, 3.05) is 18.2 Å². The van der Waals surface area contributed by atoms with Crippen molar-refractivity contribution in [3.63, 3.8) is 0 Å². The van der Waals surface area contributed by atoms with E-state index in [0.29, 0.717) is 22.9 Å². The molecule has 3 N–H and O–H groups in total. The van der Waals surface area contributed by atoms with Gasteiger partial charge in [-0.1, -0.05) is 17.7 Å². The number of nitrogens with one attached hydrogen (secondary N) is 1. The number of carbonyl (C=O) groups is 1. The van der Waals surface area contributed by atoms with Crippen LogP contribution >= 0.6 is 0 Å². The Morgan fingerprint density at radius 1 is 1.18 bits per heavy atom. The number of anilines is 2. The van der Waals surface area contributed by atoms with Crippen molar-refractivity contribution in [2.24, 2.45) is 0 Å². The number of carbonyl (C=O) groups excluding carboxylic acids is 1. The van der Waals surface area contributed by atoms with Gasteiger partial charge in [0.1, 0.15) is 11.5 Å². The Hall–Kier alpha value is -2.69. The van der Waals surface area contributed by atoms with Crippen LogP contribution in [0.15, 0.2) is 42.5 Å². The number of nitrogen functional groups attached to an aromatic ring is 1. The number of amides is 1. The zero-order chi connectivity index (χ0) is 16.1. The summed E-state index contributed by atoms with van der Waals surface area (Å²) in [6.07, 6.45) is -0.645. The van der Waals surface area contributed by atoms with Gasteiger partial charge in [-0.2, -0.15) is 0 Å². The minimum absolute atomic E-state index is 0.274. The minimum Gasteiger partial charge on any atom is -0.495 e. The summed E-state index contributed by atoms with van der Waals surface area (Å²) in [6, 6.07) is 12.6. The summed E-state index contributed by atoms with van der Waals surface area (Å²) in [6.45, 7) is 3.68. The third-order valence-corrected chi connectivity index (χ3v) is 3.18. The second-order valence-electron chi connectivity index (χ2n) is 5.02. The molecule has 0 heterocycles. The van der Waals surface area contributed by atoms with E-state index in [9.17, 15) is 4.79 Å². The lowest BCUT2D eigenvalue weighted by molar-refractivity contribution is -0.122. The molecule has 0 bridgehead atoms. The Morgan fingerprint density at radius 3 is 2.50 bits per heavy atom. The molecule has 116 valence electrons. The van der Waals surface area contributed by atoms with Crippen molar-refractivity contribution in [3.05, 3.63) is 48.0 Å². The molecule has 0 aliphatic carbocycles. The standard InChI is InChI=1S/C17H20N2O3/c1-11-4-7-14(8-5-11)22-12(2)17(20)19-15-10-13(18)6-9-16(15)21-3/h4-10,12H,18H2,1-3H3,(H,19,20)/t12-/m1/s1. The van der Waals surface area contributed by atoms with Crippen molar-refractivity contribution >= 4 is 17.3 Å². The number of hydrogen-bond acceptors (Lipinski definition) is 4. The van der Waals surface area contributed by atoms with E-state index in [-0.39, 0.29) is 5.91 Å². The highest BCUT2D eigenvalue weighted by molar-refractivity contribution is 5.95. The van der Waals surface area contributed by atoms with E-state index >= 15 is 0 Å². The van der Waals surface area contributed by atoms with E-state index in [4.69, 9.17) is 15.2 Å². The molecule has 2 aromatic rings. The maximum atomic E-state index is 12.2. The first-order chi connectivity index (χ1) is 10.5. The molecule has 5 nitrogen and oxygen atoms in total. The summed E-state index contributed by atoms with van der Waals surface area (Å²) in [7, 11) is 1.54. The first kappa shape index (κ1) is 15.7. The molecule has 0 radical (unpaired) electrons. The summed E-state index contributed by atoms with van der Waals surface area (Å²) in [4.78, 5) is 12.2. The molecule has 0 unspecified atom stereocenters. The molecule has 0 spiro atoms. The van der Waals surface area contributed by atoms with Gasteiger partial charge in [0, 0.05) is 5.69 Å². The normalized spacial score (nSPS) is 11.6. The molecule has 5 heteroatoms. The van der Waals surface area contributed by atoms with Crippen molar-refractivity contribution in [2.45, 2.75) is 20.0 Å². The van der Waals surface area contributed by atoms with Crippen LogP contribution in [-0.2, 0) is 4.79 Å². The fourth-order valence-corrected chi connectivity index (χ4v) is 1.93. The topological polar surface area (TPSA) is 73.6 Å². The van der Waals surface area contributed by atoms with Crippen LogP contribution in [0.1, 0.15) is 12.5 Å². The first-order valence-electron chi connectivity index (χ1n) is 6.97. The van der Waals surface area contributed by atoms with E-state index in [1.54, 1.807) is 25.1 Å². The van der Waals surface area contributed by atoms with E-state index < -0.39 is 6.10 Å². The van der Waals surface area contributed by atoms with E-state index in [0.717, 1.165) is 5.56 Å². The fraction of sp³-hybridized carbons (Fsp3) is 0.235. The Morgan fingerprint density at radius 2 is 1.86 bits per heavy atom. The Labute approximate surface area is 130 Å². The van der Waals surface area contributed by atoms with Crippen LogP contribution in [-0.4, -0.2) is 19.1 Å². The van der Waals surface area contributed by atoms with Gasteiger partial charge in [-0.05, 0) is 44.2 Å². The molecule has 2 rings (SSSR count). The Balaban J connectivity index is 2.05. The molecule has 1 atom stereocenters. The first-order valence-corrected chi connectivity index (χ1v) is 6.97. The quantitative estimate of drug-likeness (QED) is 0.833. The van der Waals surface area contributed by atoms with E-state index in [1.165, 1.54) is 7.11 Å². The summed E-state index contributed by atoms with van der Waals surface area (Å²) in [5.41, 5.74) is 7.93. The van der Waals surface area contributed by atoms with Gasteiger partial charge in [0.15, 0.2) is 6.10 Å². The lowest BCUT2D eigenvalue weighted by Crippen LogP contribution is -2.30. The maximum Gasteiger partial charge on any atom is 0.265 e. The second kappa shape index (κ2) is 6.85. The number of rotatable bonds is 5. The van der Waals surface area contributed by atoms with Crippen molar-refractivity contribution in [1.82, 2.24) is 0 Å². The second-order valence-corrected chi connectivity index (χ2v) is 5.02. The molecule has 0 saturated heterocycles. The number of hydrogen-bond donors (Lipinski definition) is 2. The lowest BCUT2D eigenvalue weighted by Gasteiger charge is -2.16. The number of ether oxygens (including phenoxy) is 2. The highest BCUT2D eigenvalue weighted by Crippen LogP contribution is 2.26. The van der Waals surface area contributed by atoms with Gasteiger partial charge in [0.05, 0.1) is 12.8 Å². The number of nitrogens with two attached hydrogens (primary N) is 1. The summed E-state index contributed by atoms with van der Waals surface area (Å²) >= 11 is 0. The smallest absolute Gasteiger partial charge is 0.265 e. The largest absolute Gasteiger partial charge is 0.495 e. The van der Waals surface area contributed by atoms with Crippen molar-refractivity contribution < 1.29 is 14.3 Å². The zero-order valence-electron chi connectivity index (χ0n) is 12.9. The molecule has 0 aliphatic heterocycles. The highest BCUT2D eigenvalue weighted by atomic mass is 16.5. The van der Waals surface area contributed by atoms with Crippen LogP contribution in [0, 0.1) is 6.92 Å². The zero-order valence-corrected chi connectivity index (χ0v) is 12.9. The predicted octanol–water partition coefficient (Wildman–Crippen LogP) is 2.99. The van der Waals surface area contributed by atoms with Gasteiger partial charge in [-0.25, -0.2) is 0 Å². The van der Waals surface area contributed by atoms with Crippen LogP contribution in [0.3, 0.4) is 0 Å².